The lowest BCUT2D eigenvalue weighted by molar-refractivity contribution is 0.171. The quantitative estimate of drug-likeness (QED) is 0.800. The minimum absolute atomic E-state index is 0.575. The van der Waals surface area contributed by atoms with Gasteiger partial charge in [0.1, 0.15) is 13.2 Å². The summed E-state index contributed by atoms with van der Waals surface area (Å²) in [5, 5.41) is 4.15. The lowest BCUT2D eigenvalue weighted by Gasteiger charge is -2.20. The molecule has 4 heteroatoms. The van der Waals surface area contributed by atoms with Gasteiger partial charge >= 0.3 is 0 Å². The van der Waals surface area contributed by atoms with Crippen LogP contribution in [0.4, 0.5) is 0 Å². The van der Waals surface area contributed by atoms with Gasteiger partial charge < -0.3 is 14.8 Å². The Hall–Kier alpha value is -0.930. The molecule has 0 bridgehead atoms. The summed E-state index contributed by atoms with van der Waals surface area (Å²) in [6, 6.07) is 4.00. The molecule has 0 atom stereocenters. The normalized spacial score (nSPS) is 18.1. The van der Waals surface area contributed by atoms with Crippen LogP contribution in [0, 0.1) is 5.92 Å². The summed E-state index contributed by atoms with van der Waals surface area (Å²) in [6.45, 7) is 3.08. The first-order valence-corrected chi connectivity index (χ1v) is 8.49. The summed E-state index contributed by atoms with van der Waals surface area (Å²) in [4.78, 5) is 0. The molecule has 0 saturated heterocycles. The van der Waals surface area contributed by atoms with Gasteiger partial charge in [-0.1, -0.05) is 37.3 Å². The Labute approximate surface area is 132 Å². The van der Waals surface area contributed by atoms with Crippen molar-refractivity contribution in [1.29, 1.82) is 0 Å². The van der Waals surface area contributed by atoms with Crippen LogP contribution in [0.15, 0.2) is 12.1 Å². The maximum atomic E-state index is 6.24. The second-order valence-corrected chi connectivity index (χ2v) is 6.48. The number of halogens is 1. The molecule has 1 saturated carbocycles. The Kier molecular flexibility index (Phi) is 5.26. The van der Waals surface area contributed by atoms with Gasteiger partial charge in [0.05, 0.1) is 5.02 Å². The minimum Gasteiger partial charge on any atom is -0.486 e. The van der Waals surface area contributed by atoms with Gasteiger partial charge in [-0.15, -0.1) is 0 Å². The van der Waals surface area contributed by atoms with Crippen LogP contribution in [0.5, 0.6) is 11.5 Å². The number of fused-ring (bicyclic) bond motifs is 1. The molecule has 1 aliphatic heterocycles. The van der Waals surface area contributed by atoms with Crippen LogP contribution in [-0.4, -0.2) is 19.8 Å². The lowest BCUT2D eigenvalue weighted by Crippen LogP contribution is -2.18. The van der Waals surface area contributed by atoms with E-state index in [0.717, 1.165) is 30.3 Å². The molecule has 3 nitrogen and oxygen atoms in total. The van der Waals surface area contributed by atoms with E-state index in [-0.39, 0.29) is 0 Å². The summed E-state index contributed by atoms with van der Waals surface area (Å²) >= 11 is 6.24. The van der Waals surface area contributed by atoms with Crippen molar-refractivity contribution < 1.29 is 9.47 Å². The molecule has 0 amide bonds. The lowest BCUT2D eigenvalue weighted by atomic mass is 10.0. The molecular formula is C17H24ClNO2. The average Bonchev–Trinajstić information content (AvgIpc) is 3.00. The number of hydrogen-bond donors (Lipinski definition) is 1. The molecule has 3 rings (SSSR count). The highest BCUT2D eigenvalue weighted by Gasteiger charge is 2.16. The number of ether oxygens (including phenoxy) is 2. The topological polar surface area (TPSA) is 30.5 Å². The fourth-order valence-electron chi connectivity index (χ4n) is 3.31. The zero-order chi connectivity index (χ0) is 14.5. The molecule has 1 fully saturated rings. The van der Waals surface area contributed by atoms with Crippen molar-refractivity contribution in [2.45, 2.75) is 45.1 Å². The molecule has 1 heterocycles. The second kappa shape index (κ2) is 7.37. The Bertz CT molecular complexity index is 472. The summed E-state index contributed by atoms with van der Waals surface area (Å²) in [7, 11) is 0. The van der Waals surface area contributed by atoms with E-state index < -0.39 is 0 Å². The van der Waals surface area contributed by atoms with Crippen LogP contribution in [0.2, 0.25) is 5.02 Å². The van der Waals surface area contributed by atoms with Crippen molar-refractivity contribution in [3.05, 3.63) is 22.7 Å². The average molecular weight is 310 g/mol. The van der Waals surface area contributed by atoms with Gasteiger partial charge in [0.25, 0.3) is 0 Å². The fourth-order valence-corrected chi connectivity index (χ4v) is 3.60. The Morgan fingerprint density at radius 1 is 1.14 bits per heavy atom. The third kappa shape index (κ3) is 4.04. The van der Waals surface area contributed by atoms with E-state index in [9.17, 15) is 0 Å². The number of nitrogens with one attached hydrogen (secondary N) is 1. The first-order valence-electron chi connectivity index (χ1n) is 8.11. The van der Waals surface area contributed by atoms with Crippen LogP contribution in [-0.2, 0) is 6.54 Å². The molecule has 0 unspecified atom stereocenters. The minimum atomic E-state index is 0.575. The zero-order valence-corrected chi connectivity index (χ0v) is 13.3. The van der Waals surface area contributed by atoms with E-state index in [0.29, 0.717) is 24.0 Å². The number of benzene rings is 1. The SMILES string of the molecule is Clc1cc(CNCCCC2CCCC2)cc2c1OCCO2. The van der Waals surface area contributed by atoms with Crippen molar-refractivity contribution in [2.24, 2.45) is 5.92 Å². The summed E-state index contributed by atoms with van der Waals surface area (Å²) in [5.41, 5.74) is 1.16. The van der Waals surface area contributed by atoms with Crippen molar-refractivity contribution >= 4 is 11.6 Å². The van der Waals surface area contributed by atoms with Gasteiger partial charge in [-0.3, -0.25) is 0 Å². The smallest absolute Gasteiger partial charge is 0.179 e. The third-order valence-electron chi connectivity index (χ3n) is 4.43. The molecular weight excluding hydrogens is 286 g/mol. The van der Waals surface area contributed by atoms with Gasteiger partial charge in [-0.25, -0.2) is 0 Å². The summed E-state index contributed by atoms with van der Waals surface area (Å²) < 4.78 is 11.1. The van der Waals surface area contributed by atoms with E-state index in [4.69, 9.17) is 21.1 Å². The van der Waals surface area contributed by atoms with Crippen LogP contribution in [0.25, 0.3) is 0 Å². The number of hydrogen-bond acceptors (Lipinski definition) is 3. The standard InChI is InChI=1S/C17H24ClNO2/c18-15-10-14(11-16-17(15)21-9-8-20-16)12-19-7-3-6-13-4-1-2-5-13/h10-11,13,19H,1-9,12H2. The monoisotopic (exact) mass is 309 g/mol. The fraction of sp³-hybridized carbons (Fsp3) is 0.647. The van der Waals surface area contributed by atoms with Gasteiger partial charge in [-0.05, 0) is 43.0 Å². The van der Waals surface area contributed by atoms with Gasteiger partial charge in [-0.2, -0.15) is 0 Å². The van der Waals surface area contributed by atoms with Gasteiger partial charge in [0.2, 0.25) is 0 Å². The largest absolute Gasteiger partial charge is 0.486 e. The predicted octanol–water partition coefficient (Wildman–Crippen LogP) is 4.17. The molecule has 0 aromatic heterocycles. The summed E-state index contributed by atoms with van der Waals surface area (Å²) in [5.74, 6) is 2.44. The Balaban J connectivity index is 1.43. The van der Waals surface area contributed by atoms with Crippen LogP contribution >= 0.6 is 11.6 Å². The molecule has 1 N–H and O–H groups in total. The van der Waals surface area contributed by atoms with E-state index in [1.54, 1.807) is 0 Å². The van der Waals surface area contributed by atoms with Crippen molar-refractivity contribution in [3.63, 3.8) is 0 Å². The number of rotatable bonds is 6. The maximum Gasteiger partial charge on any atom is 0.179 e. The van der Waals surface area contributed by atoms with Gasteiger partial charge in [0, 0.05) is 6.54 Å². The first-order chi connectivity index (χ1) is 10.3. The predicted molar refractivity (Wildman–Crippen MR) is 85.3 cm³/mol. The molecule has 0 radical (unpaired) electrons. The maximum absolute atomic E-state index is 6.24. The van der Waals surface area contributed by atoms with Crippen molar-refractivity contribution in [3.8, 4) is 11.5 Å². The second-order valence-electron chi connectivity index (χ2n) is 6.07. The summed E-state index contributed by atoms with van der Waals surface area (Å²) in [6.07, 6.45) is 8.40. The Morgan fingerprint density at radius 3 is 2.81 bits per heavy atom. The van der Waals surface area contributed by atoms with E-state index in [1.165, 1.54) is 38.5 Å². The van der Waals surface area contributed by atoms with E-state index >= 15 is 0 Å². The van der Waals surface area contributed by atoms with Crippen molar-refractivity contribution in [1.82, 2.24) is 5.32 Å². The van der Waals surface area contributed by atoms with Crippen molar-refractivity contribution in [2.75, 3.05) is 19.8 Å². The third-order valence-corrected chi connectivity index (χ3v) is 4.71. The highest BCUT2D eigenvalue weighted by atomic mass is 35.5. The highest BCUT2D eigenvalue weighted by molar-refractivity contribution is 6.32. The molecule has 1 aliphatic carbocycles. The first kappa shape index (κ1) is 15.0. The van der Waals surface area contributed by atoms with Gasteiger partial charge in [0.15, 0.2) is 11.5 Å². The molecule has 2 aliphatic rings. The molecule has 0 spiro atoms. The van der Waals surface area contributed by atoms with Crippen LogP contribution < -0.4 is 14.8 Å². The van der Waals surface area contributed by atoms with E-state index in [1.807, 2.05) is 12.1 Å². The molecule has 1 aromatic carbocycles. The zero-order valence-electron chi connectivity index (χ0n) is 12.5. The van der Waals surface area contributed by atoms with Crippen LogP contribution in [0.3, 0.4) is 0 Å². The molecule has 21 heavy (non-hydrogen) atoms. The molecule has 116 valence electrons. The molecule has 1 aromatic rings. The van der Waals surface area contributed by atoms with E-state index in [2.05, 4.69) is 5.32 Å². The van der Waals surface area contributed by atoms with Crippen LogP contribution in [0.1, 0.15) is 44.1 Å². The Morgan fingerprint density at radius 2 is 1.95 bits per heavy atom. The highest BCUT2D eigenvalue weighted by Crippen LogP contribution is 2.38.